The van der Waals surface area contributed by atoms with E-state index in [1.165, 1.54) is 17.7 Å². The monoisotopic (exact) mass is 259 g/mol. The average Bonchev–Trinajstić information content (AvgIpc) is 2.87. The van der Waals surface area contributed by atoms with Crippen LogP contribution in [0.4, 0.5) is 0 Å². The number of hydrogen-bond acceptors (Lipinski definition) is 2. The van der Waals surface area contributed by atoms with Crippen LogP contribution in [0.3, 0.4) is 0 Å². The topological polar surface area (TPSA) is 41.6 Å². The van der Waals surface area contributed by atoms with E-state index in [-0.39, 0.29) is 12.4 Å². The van der Waals surface area contributed by atoms with Crippen molar-refractivity contribution in [1.82, 2.24) is 9.55 Å². The molecule has 0 saturated carbocycles. The second-order valence-corrected chi connectivity index (χ2v) is 4.43. The molecule has 0 radical (unpaired) electrons. The molecule has 3 nitrogen and oxygen atoms in total. The van der Waals surface area contributed by atoms with Gasteiger partial charge in [-0.15, -0.1) is 12.4 Å². The van der Waals surface area contributed by atoms with Crippen molar-refractivity contribution >= 4 is 12.4 Å². The molecule has 4 heteroatoms. The second kappa shape index (κ2) is 5.24. The van der Waals surface area contributed by atoms with Crippen LogP contribution < -0.4 is 0 Å². The van der Waals surface area contributed by atoms with E-state index in [0.717, 1.165) is 18.4 Å². The number of halogens is 1. The van der Waals surface area contributed by atoms with Gasteiger partial charge in [0, 0.05) is 11.9 Å². The number of imidazole rings is 1. The average molecular weight is 260 g/mol. The molecule has 0 fully saturated rings. The van der Waals surface area contributed by atoms with E-state index in [1.54, 1.807) is 0 Å². The van der Waals surface area contributed by atoms with Gasteiger partial charge in [-0.1, -0.05) is 12.1 Å². The molecular formula is C14H14ClN3. The number of hydrogen-bond donors (Lipinski definition) is 0. The van der Waals surface area contributed by atoms with Gasteiger partial charge in [-0.3, -0.25) is 0 Å². The summed E-state index contributed by atoms with van der Waals surface area (Å²) in [6.45, 7) is 0. The number of aryl methyl sites for hydroxylation is 1. The largest absolute Gasteiger partial charge is 0.327 e. The fourth-order valence-corrected chi connectivity index (χ4v) is 2.53. The Balaban J connectivity index is 0.00000120. The molecule has 1 aliphatic rings. The Kier molecular flexibility index (Phi) is 3.69. The van der Waals surface area contributed by atoms with E-state index < -0.39 is 0 Å². The van der Waals surface area contributed by atoms with Gasteiger partial charge in [0.25, 0.3) is 0 Å². The third-order valence-corrected chi connectivity index (χ3v) is 3.42. The lowest BCUT2D eigenvalue weighted by atomic mass is 9.96. The first kappa shape index (κ1) is 12.7. The maximum absolute atomic E-state index is 8.80. The molecule has 0 N–H and O–H groups in total. The van der Waals surface area contributed by atoms with Gasteiger partial charge in [-0.25, -0.2) is 4.98 Å². The molecule has 92 valence electrons. The van der Waals surface area contributed by atoms with Gasteiger partial charge in [0.15, 0.2) is 0 Å². The second-order valence-electron chi connectivity index (χ2n) is 4.43. The SMILES string of the molecule is Cl.N#Cc1ccc([C@H]2CCCc3cncn32)cc1. The van der Waals surface area contributed by atoms with E-state index in [1.807, 2.05) is 24.7 Å². The molecule has 0 aliphatic carbocycles. The Morgan fingerprint density at radius 1 is 1.28 bits per heavy atom. The molecule has 2 heterocycles. The van der Waals surface area contributed by atoms with Crippen molar-refractivity contribution in [1.29, 1.82) is 5.26 Å². The highest BCUT2D eigenvalue weighted by atomic mass is 35.5. The molecule has 3 rings (SSSR count). The number of rotatable bonds is 1. The Morgan fingerprint density at radius 3 is 2.78 bits per heavy atom. The highest BCUT2D eigenvalue weighted by Gasteiger charge is 2.20. The molecule has 0 bridgehead atoms. The lowest BCUT2D eigenvalue weighted by Gasteiger charge is -2.25. The van der Waals surface area contributed by atoms with Crippen LogP contribution in [0, 0.1) is 11.3 Å². The van der Waals surface area contributed by atoms with Gasteiger partial charge in [0.2, 0.25) is 0 Å². The van der Waals surface area contributed by atoms with Crippen molar-refractivity contribution in [3.63, 3.8) is 0 Å². The fourth-order valence-electron chi connectivity index (χ4n) is 2.53. The zero-order chi connectivity index (χ0) is 11.7. The van der Waals surface area contributed by atoms with Crippen LogP contribution in [0.2, 0.25) is 0 Å². The van der Waals surface area contributed by atoms with Gasteiger partial charge in [0.1, 0.15) is 0 Å². The molecule has 0 spiro atoms. The number of fused-ring (bicyclic) bond motifs is 1. The van der Waals surface area contributed by atoms with Crippen molar-refractivity contribution in [3.8, 4) is 6.07 Å². The highest BCUT2D eigenvalue weighted by molar-refractivity contribution is 5.85. The van der Waals surface area contributed by atoms with Crippen LogP contribution in [0.25, 0.3) is 0 Å². The quantitative estimate of drug-likeness (QED) is 0.790. The summed E-state index contributed by atoms with van der Waals surface area (Å²) in [4.78, 5) is 4.22. The summed E-state index contributed by atoms with van der Waals surface area (Å²) in [5.41, 5.74) is 3.30. The molecule has 2 aromatic rings. The smallest absolute Gasteiger partial charge is 0.0991 e. The summed E-state index contributed by atoms with van der Waals surface area (Å²) >= 11 is 0. The van der Waals surface area contributed by atoms with Crippen LogP contribution in [0.15, 0.2) is 36.8 Å². The van der Waals surface area contributed by atoms with Gasteiger partial charge in [-0.05, 0) is 37.0 Å². The van der Waals surface area contributed by atoms with Crippen molar-refractivity contribution in [2.75, 3.05) is 0 Å². The molecule has 0 saturated heterocycles. The van der Waals surface area contributed by atoms with Crippen molar-refractivity contribution in [2.24, 2.45) is 0 Å². The predicted octanol–water partition coefficient (Wildman–Crippen LogP) is 3.10. The summed E-state index contributed by atoms with van der Waals surface area (Å²) < 4.78 is 2.25. The summed E-state index contributed by atoms with van der Waals surface area (Å²) in [5.74, 6) is 0. The Labute approximate surface area is 112 Å². The van der Waals surface area contributed by atoms with E-state index in [9.17, 15) is 0 Å². The minimum atomic E-state index is 0. The van der Waals surface area contributed by atoms with E-state index >= 15 is 0 Å². The standard InChI is InChI=1S/C14H13N3.ClH/c15-8-11-4-6-12(7-5-11)14-3-1-2-13-9-16-10-17(13)14;/h4-7,9-10,14H,1-3H2;1H/t14-;/m1./s1. The van der Waals surface area contributed by atoms with Gasteiger partial charge in [-0.2, -0.15) is 5.26 Å². The number of benzene rings is 1. The summed E-state index contributed by atoms with van der Waals surface area (Å²) in [6.07, 6.45) is 7.34. The molecule has 1 aromatic heterocycles. The molecule has 0 amide bonds. The zero-order valence-corrected chi connectivity index (χ0v) is 10.7. The highest BCUT2D eigenvalue weighted by Crippen LogP contribution is 2.30. The third kappa shape index (κ3) is 2.12. The number of aromatic nitrogens is 2. The molecule has 18 heavy (non-hydrogen) atoms. The summed E-state index contributed by atoms with van der Waals surface area (Å²) in [7, 11) is 0. The maximum Gasteiger partial charge on any atom is 0.0991 e. The summed E-state index contributed by atoms with van der Waals surface area (Å²) in [5, 5.41) is 8.80. The number of nitrogens with zero attached hydrogens (tertiary/aromatic N) is 3. The molecule has 0 unspecified atom stereocenters. The molecule has 1 aromatic carbocycles. The van der Waals surface area contributed by atoms with Crippen molar-refractivity contribution in [3.05, 3.63) is 53.6 Å². The first-order valence-corrected chi connectivity index (χ1v) is 5.89. The van der Waals surface area contributed by atoms with Crippen molar-refractivity contribution in [2.45, 2.75) is 25.3 Å². The van der Waals surface area contributed by atoms with Gasteiger partial charge in [0.05, 0.1) is 24.0 Å². The van der Waals surface area contributed by atoms with Gasteiger partial charge >= 0.3 is 0 Å². The molecular weight excluding hydrogens is 246 g/mol. The third-order valence-electron chi connectivity index (χ3n) is 3.42. The lowest BCUT2D eigenvalue weighted by Crippen LogP contribution is -2.17. The normalized spacial score (nSPS) is 17.4. The maximum atomic E-state index is 8.80. The summed E-state index contributed by atoms with van der Waals surface area (Å²) in [6, 6.07) is 10.4. The van der Waals surface area contributed by atoms with E-state index in [4.69, 9.17) is 5.26 Å². The van der Waals surface area contributed by atoms with Gasteiger partial charge < -0.3 is 4.57 Å². The van der Waals surface area contributed by atoms with Crippen LogP contribution in [0.1, 0.15) is 35.7 Å². The molecule has 1 aliphatic heterocycles. The minimum Gasteiger partial charge on any atom is -0.327 e. The number of nitriles is 1. The Bertz CT molecular complexity index is 565. The predicted molar refractivity (Wildman–Crippen MR) is 71.7 cm³/mol. The minimum absolute atomic E-state index is 0. The fraction of sp³-hybridized carbons (Fsp3) is 0.286. The first-order chi connectivity index (χ1) is 8.38. The van der Waals surface area contributed by atoms with Crippen LogP contribution in [-0.4, -0.2) is 9.55 Å². The van der Waals surface area contributed by atoms with E-state index in [0.29, 0.717) is 6.04 Å². The van der Waals surface area contributed by atoms with E-state index in [2.05, 4.69) is 27.8 Å². The Hall–Kier alpha value is -1.79. The molecule has 1 atom stereocenters. The van der Waals surface area contributed by atoms with Crippen molar-refractivity contribution < 1.29 is 0 Å². The van der Waals surface area contributed by atoms with Crippen LogP contribution in [0.5, 0.6) is 0 Å². The lowest BCUT2D eigenvalue weighted by molar-refractivity contribution is 0.458. The van der Waals surface area contributed by atoms with Crippen LogP contribution >= 0.6 is 12.4 Å². The first-order valence-electron chi connectivity index (χ1n) is 5.89. The zero-order valence-electron chi connectivity index (χ0n) is 9.91. The van der Waals surface area contributed by atoms with Crippen LogP contribution in [-0.2, 0) is 6.42 Å². The Morgan fingerprint density at radius 2 is 2.06 bits per heavy atom.